The first-order chi connectivity index (χ1) is 5.31. The van der Waals surface area contributed by atoms with Gasteiger partial charge in [0.1, 0.15) is 6.29 Å². The molecule has 0 fully saturated rings. The van der Waals surface area contributed by atoms with E-state index in [4.69, 9.17) is 0 Å². The smallest absolute Gasteiger partial charge is 0.330 e. The second-order valence-corrected chi connectivity index (χ2v) is 2.02. The minimum atomic E-state index is -0.351. The Morgan fingerprint density at radius 3 is 2.73 bits per heavy atom. The van der Waals surface area contributed by atoms with Gasteiger partial charge in [-0.25, -0.2) is 4.79 Å². The summed E-state index contributed by atoms with van der Waals surface area (Å²) in [6.45, 7) is 0. The van der Waals surface area contributed by atoms with Gasteiger partial charge in [-0.15, -0.1) is 0 Å². The molecule has 0 N–H and O–H groups in total. The van der Waals surface area contributed by atoms with Crippen molar-refractivity contribution in [1.29, 1.82) is 0 Å². The van der Waals surface area contributed by atoms with Gasteiger partial charge in [0.2, 0.25) is 0 Å². The lowest BCUT2D eigenvalue weighted by atomic mass is 10.2. The number of unbranched alkanes of at least 4 members (excludes halogenated alkanes) is 2. The zero-order valence-corrected chi connectivity index (χ0v) is 6.58. The van der Waals surface area contributed by atoms with E-state index in [-0.39, 0.29) is 5.97 Å². The Balaban J connectivity index is 3.29. The monoisotopic (exact) mass is 156 g/mol. The van der Waals surface area contributed by atoms with Crippen LogP contribution < -0.4 is 0 Å². The van der Waals surface area contributed by atoms with Crippen molar-refractivity contribution in [2.24, 2.45) is 0 Å². The Labute approximate surface area is 66.0 Å². The van der Waals surface area contributed by atoms with Gasteiger partial charge in [-0.3, -0.25) is 0 Å². The predicted octanol–water partition coefficient (Wildman–Crippen LogP) is 1.08. The van der Waals surface area contributed by atoms with Gasteiger partial charge in [0.15, 0.2) is 0 Å². The molecule has 62 valence electrons. The first kappa shape index (κ1) is 9.88. The van der Waals surface area contributed by atoms with E-state index in [2.05, 4.69) is 4.74 Å². The Bertz CT molecular complexity index is 149. The summed E-state index contributed by atoms with van der Waals surface area (Å²) in [7, 11) is 1.33. The molecule has 3 heteroatoms. The fourth-order valence-corrected chi connectivity index (χ4v) is 0.567. The summed E-state index contributed by atoms with van der Waals surface area (Å²) < 4.78 is 4.36. The lowest BCUT2D eigenvalue weighted by Crippen LogP contribution is -1.93. The van der Waals surface area contributed by atoms with Crippen LogP contribution in [0.5, 0.6) is 0 Å². The number of carbonyl (C=O) groups excluding carboxylic acids is 2. The number of hydrogen-bond acceptors (Lipinski definition) is 3. The van der Waals surface area contributed by atoms with Gasteiger partial charge in [-0.1, -0.05) is 6.08 Å². The van der Waals surface area contributed by atoms with Gasteiger partial charge < -0.3 is 9.53 Å². The maximum Gasteiger partial charge on any atom is 0.330 e. The highest BCUT2D eigenvalue weighted by Crippen LogP contribution is 1.93. The highest BCUT2D eigenvalue weighted by molar-refractivity contribution is 5.81. The van der Waals surface area contributed by atoms with Crippen molar-refractivity contribution in [1.82, 2.24) is 0 Å². The summed E-state index contributed by atoms with van der Waals surface area (Å²) in [6.07, 6.45) is 6.02. The molecule has 0 radical (unpaired) electrons. The van der Waals surface area contributed by atoms with Gasteiger partial charge in [0, 0.05) is 12.5 Å². The van der Waals surface area contributed by atoms with Gasteiger partial charge in [0.05, 0.1) is 7.11 Å². The fourth-order valence-electron chi connectivity index (χ4n) is 0.567. The molecule has 3 nitrogen and oxygen atoms in total. The molecule has 0 aromatic heterocycles. The molecule has 0 spiro atoms. The topological polar surface area (TPSA) is 43.4 Å². The fraction of sp³-hybridized carbons (Fsp3) is 0.500. The van der Waals surface area contributed by atoms with Crippen LogP contribution in [-0.4, -0.2) is 19.4 Å². The first-order valence-electron chi connectivity index (χ1n) is 3.49. The molecule has 0 aliphatic carbocycles. The number of methoxy groups -OCH3 is 1. The Morgan fingerprint density at radius 2 is 2.18 bits per heavy atom. The summed E-state index contributed by atoms with van der Waals surface area (Å²) in [6, 6.07) is 0. The van der Waals surface area contributed by atoms with E-state index >= 15 is 0 Å². The van der Waals surface area contributed by atoms with E-state index in [1.165, 1.54) is 13.2 Å². The quantitative estimate of drug-likeness (QED) is 0.259. The minimum absolute atomic E-state index is 0.351. The number of ether oxygens (including phenoxy) is 1. The standard InChI is InChI=1S/C8H12O3/c1-11-8(10)6-4-2-3-5-7-9/h4,6-7H,2-3,5H2,1H3. The zero-order chi connectivity index (χ0) is 8.53. The maximum absolute atomic E-state index is 10.5. The highest BCUT2D eigenvalue weighted by atomic mass is 16.5. The van der Waals surface area contributed by atoms with Crippen LogP contribution in [-0.2, 0) is 14.3 Å². The van der Waals surface area contributed by atoms with Gasteiger partial charge in [0.25, 0.3) is 0 Å². The van der Waals surface area contributed by atoms with Crippen LogP contribution >= 0.6 is 0 Å². The Morgan fingerprint density at radius 1 is 1.45 bits per heavy atom. The number of aldehydes is 1. The van der Waals surface area contributed by atoms with Crippen molar-refractivity contribution < 1.29 is 14.3 Å². The van der Waals surface area contributed by atoms with Gasteiger partial charge in [-0.05, 0) is 12.8 Å². The van der Waals surface area contributed by atoms with Crippen LogP contribution in [0.3, 0.4) is 0 Å². The lowest BCUT2D eigenvalue weighted by Gasteiger charge is -1.89. The number of allylic oxidation sites excluding steroid dienone is 1. The summed E-state index contributed by atoms with van der Waals surface area (Å²) in [4.78, 5) is 20.3. The number of esters is 1. The van der Waals surface area contributed by atoms with E-state index in [0.717, 1.165) is 19.1 Å². The van der Waals surface area contributed by atoms with Crippen molar-refractivity contribution in [3.8, 4) is 0 Å². The second kappa shape index (κ2) is 6.99. The molecule has 0 saturated carbocycles. The number of carbonyl (C=O) groups is 2. The van der Waals surface area contributed by atoms with Gasteiger partial charge in [-0.2, -0.15) is 0 Å². The van der Waals surface area contributed by atoms with E-state index in [9.17, 15) is 9.59 Å². The average molecular weight is 156 g/mol. The zero-order valence-electron chi connectivity index (χ0n) is 6.58. The van der Waals surface area contributed by atoms with E-state index in [1.54, 1.807) is 6.08 Å². The molecule has 0 saturated heterocycles. The normalized spacial score (nSPS) is 9.91. The highest BCUT2D eigenvalue weighted by Gasteiger charge is 1.88. The van der Waals surface area contributed by atoms with Gasteiger partial charge >= 0.3 is 5.97 Å². The molecular formula is C8H12O3. The molecule has 0 aliphatic rings. The van der Waals surface area contributed by atoms with E-state index < -0.39 is 0 Å². The SMILES string of the molecule is COC(=O)C=CCCCC=O. The third-order valence-electron chi connectivity index (χ3n) is 1.15. The van der Waals surface area contributed by atoms with Crippen LogP contribution in [0.1, 0.15) is 19.3 Å². The maximum atomic E-state index is 10.5. The molecular weight excluding hydrogens is 144 g/mol. The van der Waals surface area contributed by atoms with Crippen LogP contribution in [0.2, 0.25) is 0 Å². The Hall–Kier alpha value is -1.12. The third-order valence-corrected chi connectivity index (χ3v) is 1.15. The average Bonchev–Trinajstić information content (AvgIpc) is 2.04. The molecule has 0 amide bonds. The molecule has 11 heavy (non-hydrogen) atoms. The summed E-state index contributed by atoms with van der Waals surface area (Å²) in [5.41, 5.74) is 0. The molecule has 0 unspecified atom stereocenters. The van der Waals surface area contributed by atoms with Crippen LogP contribution in [0, 0.1) is 0 Å². The molecule has 0 aliphatic heterocycles. The first-order valence-corrected chi connectivity index (χ1v) is 3.49. The largest absolute Gasteiger partial charge is 0.466 e. The number of rotatable bonds is 5. The predicted molar refractivity (Wildman–Crippen MR) is 41.1 cm³/mol. The van der Waals surface area contributed by atoms with Crippen LogP contribution in [0.4, 0.5) is 0 Å². The molecule has 0 rings (SSSR count). The molecule has 0 bridgehead atoms. The molecule has 0 heterocycles. The lowest BCUT2D eigenvalue weighted by molar-refractivity contribution is -0.134. The molecule has 0 aromatic rings. The summed E-state index contributed by atoms with van der Waals surface area (Å²) in [5.74, 6) is -0.351. The Kier molecular flexibility index (Phi) is 6.28. The van der Waals surface area contributed by atoms with E-state index in [1.807, 2.05) is 0 Å². The van der Waals surface area contributed by atoms with E-state index in [0.29, 0.717) is 6.42 Å². The third kappa shape index (κ3) is 6.77. The second-order valence-electron chi connectivity index (χ2n) is 2.02. The van der Waals surface area contributed by atoms with Crippen molar-refractivity contribution in [2.75, 3.05) is 7.11 Å². The van der Waals surface area contributed by atoms with Crippen molar-refractivity contribution in [3.63, 3.8) is 0 Å². The van der Waals surface area contributed by atoms with Crippen molar-refractivity contribution in [2.45, 2.75) is 19.3 Å². The summed E-state index contributed by atoms with van der Waals surface area (Å²) in [5, 5.41) is 0. The van der Waals surface area contributed by atoms with Crippen LogP contribution in [0.25, 0.3) is 0 Å². The molecule has 0 aromatic carbocycles. The van der Waals surface area contributed by atoms with Crippen molar-refractivity contribution >= 4 is 12.3 Å². The summed E-state index contributed by atoms with van der Waals surface area (Å²) >= 11 is 0. The van der Waals surface area contributed by atoms with Crippen LogP contribution in [0.15, 0.2) is 12.2 Å². The minimum Gasteiger partial charge on any atom is -0.466 e. The molecule has 0 atom stereocenters. The number of hydrogen-bond donors (Lipinski definition) is 0. The van der Waals surface area contributed by atoms with Crippen molar-refractivity contribution in [3.05, 3.63) is 12.2 Å².